The average molecular weight is 243 g/mol. The van der Waals surface area contributed by atoms with Gasteiger partial charge < -0.3 is 15.2 Å². The summed E-state index contributed by atoms with van der Waals surface area (Å²) in [6.07, 6.45) is 9.16. The van der Waals surface area contributed by atoms with Gasteiger partial charge in [-0.1, -0.05) is 32.1 Å². The van der Waals surface area contributed by atoms with Crippen molar-refractivity contribution in [1.82, 2.24) is 5.32 Å². The van der Waals surface area contributed by atoms with Crippen LogP contribution in [0.3, 0.4) is 0 Å². The second-order valence-electron chi connectivity index (χ2n) is 5.49. The van der Waals surface area contributed by atoms with Crippen molar-refractivity contribution in [2.24, 2.45) is 0 Å². The van der Waals surface area contributed by atoms with Gasteiger partial charge in [0.1, 0.15) is 0 Å². The van der Waals surface area contributed by atoms with E-state index in [1.807, 2.05) is 13.8 Å². The molecule has 0 heterocycles. The normalized spacial score (nSPS) is 21.2. The summed E-state index contributed by atoms with van der Waals surface area (Å²) in [6, 6.07) is 0.601. The van der Waals surface area contributed by atoms with E-state index in [1.165, 1.54) is 44.9 Å². The Balaban J connectivity index is 2.10. The van der Waals surface area contributed by atoms with Gasteiger partial charge in [0.25, 0.3) is 0 Å². The van der Waals surface area contributed by atoms with Crippen molar-refractivity contribution >= 4 is 0 Å². The van der Waals surface area contributed by atoms with Gasteiger partial charge in [0.2, 0.25) is 0 Å². The molecule has 1 atom stereocenters. The summed E-state index contributed by atoms with van der Waals surface area (Å²) in [5.41, 5.74) is 0. The molecule has 0 radical (unpaired) electrons. The van der Waals surface area contributed by atoms with Crippen molar-refractivity contribution < 1.29 is 9.84 Å². The largest absolute Gasteiger partial charge is 0.389 e. The number of ether oxygens (including phenoxy) is 1. The Hall–Kier alpha value is -0.120. The van der Waals surface area contributed by atoms with Crippen LogP contribution in [0.5, 0.6) is 0 Å². The quantitative estimate of drug-likeness (QED) is 0.753. The molecule has 0 spiro atoms. The molecule has 1 aliphatic carbocycles. The van der Waals surface area contributed by atoms with E-state index in [0.717, 1.165) is 0 Å². The Labute approximate surface area is 106 Å². The fourth-order valence-electron chi connectivity index (χ4n) is 2.33. The summed E-state index contributed by atoms with van der Waals surface area (Å²) < 4.78 is 5.40. The lowest BCUT2D eigenvalue weighted by atomic mass is 9.96. The molecule has 102 valence electrons. The van der Waals surface area contributed by atoms with Crippen LogP contribution in [-0.2, 0) is 4.74 Å². The highest BCUT2D eigenvalue weighted by molar-refractivity contribution is 4.71. The minimum Gasteiger partial charge on any atom is -0.389 e. The topological polar surface area (TPSA) is 41.5 Å². The van der Waals surface area contributed by atoms with Gasteiger partial charge in [-0.15, -0.1) is 0 Å². The van der Waals surface area contributed by atoms with Crippen LogP contribution >= 0.6 is 0 Å². The van der Waals surface area contributed by atoms with E-state index >= 15 is 0 Å². The molecule has 1 saturated carbocycles. The summed E-state index contributed by atoms with van der Waals surface area (Å²) in [5.74, 6) is 0. The van der Waals surface area contributed by atoms with Crippen LogP contribution in [0.1, 0.15) is 58.8 Å². The number of nitrogens with one attached hydrogen (secondary N) is 1. The maximum atomic E-state index is 9.77. The monoisotopic (exact) mass is 243 g/mol. The fraction of sp³-hybridized carbons (Fsp3) is 1.00. The van der Waals surface area contributed by atoms with Crippen LogP contribution in [0.2, 0.25) is 0 Å². The lowest BCUT2D eigenvalue weighted by Crippen LogP contribution is -2.38. The second kappa shape index (κ2) is 8.90. The lowest BCUT2D eigenvalue weighted by Gasteiger charge is -2.23. The first kappa shape index (κ1) is 14.9. The first-order valence-corrected chi connectivity index (χ1v) is 7.21. The minimum absolute atomic E-state index is 0.200. The predicted molar refractivity (Wildman–Crippen MR) is 71.2 cm³/mol. The molecule has 1 rings (SSSR count). The molecular formula is C14H29NO2. The molecule has 1 aliphatic rings. The molecule has 1 unspecified atom stereocenters. The van der Waals surface area contributed by atoms with Crippen molar-refractivity contribution in [3.63, 3.8) is 0 Å². The fourth-order valence-corrected chi connectivity index (χ4v) is 2.33. The predicted octanol–water partition coefficient (Wildman–Crippen LogP) is 2.47. The summed E-state index contributed by atoms with van der Waals surface area (Å²) in [5, 5.41) is 13.2. The van der Waals surface area contributed by atoms with E-state index in [9.17, 15) is 5.11 Å². The van der Waals surface area contributed by atoms with Crippen molar-refractivity contribution in [1.29, 1.82) is 0 Å². The van der Waals surface area contributed by atoms with Gasteiger partial charge in [-0.05, 0) is 26.7 Å². The Morgan fingerprint density at radius 1 is 1.12 bits per heavy atom. The Bertz CT molecular complexity index is 177. The Morgan fingerprint density at radius 2 is 1.71 bits per heavy atom. The maximum absolute atomic E-state index is 9.77. The third-order valence-corrected chi connectivity index (χ3v) is 3.37. The molecule has 0 amide bonds. The first-order chi connectivity index (χ1) is 8.18. The van der Waals surface area contributed by atoms with Gasteiger partial charge in [-0.3, -0.25) is 0 Å². The van der Waals surface area contributed by atoms with Gasteiger partial charge in [-0.25, -0.2) is 0 Å². The third-order valence-electron chi connectivity index (χ3n) is 3.37. The number of hydrogen-bond donors (Lipinski definition) is 2. The molecule has 3 nitrogen and oxygen atoms in total. The number of hydrogen-bond acceptors (Lipinski definition) is 3. The van der Waals surface area contributed by atoms with Crippen LogP contribution in [-0.4, -0.2) is 36.5 Å². The molecule has 0 aromatic heterocycles. The van der Waals surface area contributed by atoms with E-state index in [4.69, 9.17) is 4.74 Å². The molecule has 0 aromatic carbocycles. The van der Waals surface area contributed by atoms with E-state index < -0.39 is 0 Å². The molecule has 0 bridgehead atoms. The van der Waals surface area contributed by atoms with E-state index in [1.54, 1.807) is 0 Å². The Kier molecular flexibility index (Phi) is 7.82. The molecule has 0 aromatic rings. The van der Waals surface area contributed by atoms with Crippen LogP contribution < -0.4 is 5.32 Å². The van der Waals surface area contributed by atoms with Crippen molar-refractivity contribution in [3.05, 3.63) is 0 Å². The Morgan fingerprint density at radius 3 is 2.29 bits per heavy atom. The van der Waals surface area contributed by atoms with E-state index in [2.05, 4.69) is 5.32 Å². The van der Waals surface area contributed by atoms with Crippen LogP contribution in [0.25, 0.3) is 0 Å². The highest BCUT2D eigenvalue weighted by Crippen LogP contribution is 2.16. The molecule has 0 aliphatic heterocycles. The second-order valence-corrected chi connectivity index (χ2v) is 5.49. The van der Waals surface area contributed by atoms with Crippen LogP contribution in [0.15, 0.2) is 0 Å². The zero-order valence-electron chi connectivity index (χ0n) is 11.5. The molecule has 17 heavy (non-hydrogen) atoms. The number of aliphatic hydroxyl groups excluding tert-OH is 1. The zero-order chi connectivity index (χ0) is 12.5. The van der Waals surface area contributed by atoms with Crippen molar-refractivity contribution in [2.75, 3.05) is 13.2 Å². The maximum Gasteiger partial charge on any atom is 0.0897 e. The molecule has 1 fully saturated rings. The van der Waals surface area contributed by atoms with Crippen LogP contribution in [0, 0.1) is 0 Å². The third kappa shape index (κ3) is 7.74. The van der Waals surface area contributed by atoms with Gasteiger partial charge in [0, 0.05) is 12.6 Å². The zero-order valence-corrected chi connectivity index (χ0v) is 11.5. The lowest BCUT2D eigenvalue weighted by molar-refractivity contribution is 0.00517. The number of rotatable bonds is 6. The SMILES string of the molecule is CC(C)OCC(O)CNC1CCCCCCC1. The summed E-state index contributed by atoms with van der Waals surface area (Å²) in [4.78, 5) is 0. The van der Waals surface area contributed by atoms with Crippen LogP contribution in [0.4, 0.5) is 0 Å². The summed E-state index contributed by atoms with van der Waals surface area (Å²) in [7, 11) is 0. The van der Waals surface area contributed by atoms with Gasteiger partial charge in [-0.2, -0.15) is 0 Å². The summed E-state index contributed by atoms with van der Waals surface area (Å²) >= 11 is 0. The minimum atomic E-state index is -0.372. The van der Waals surface area contributed by atoms with Crippen molar-refractivity contribution in [3.8, 4) is 0 Å². The molecule has 2 N–H and O–H groups in total. The highest BCUT2D eigenvalue weighted by atomic mass is 16.5. The molecule has 0 saturated heterocycles. The summed E-state index contributed by atoms with van der Waals surface area (Å²) in [6.45, 7) is 5.10. The average Bonchev–Trinajstić information content (AvgIpc) is 2.24. The smallest absolute Gasteiger partial charge is 0.0897 e. The van der Waals surface area contributed by atoms with Gasteiger partial charge in [0.05, 0.1) is 18.8 Å². The molecule has 3 heteroatoms. The van der Waals surface area contributed by atoms with Gasteiger partial charge in [0.15, 0.2) is 0 Å². The van der Waals surface area contributed by atoms with E-state index in [-0.39, 0.29) is 12.2 Å². The highest BCUT2D eigenvalue weighted by Gasteiger charge is 2.13. The van der Waals surface area contributed by atoms with Gasteiger partial charge >= 0.3 is 0 Å². The molecular weight excluding hydrogens is 214 g/mol. The number of aliphatic hydroxyl groups is 1. The standard InChI is InChI=1S/C14H29NO2/c1-12(2)17-11-14(16)10-15-13-8-6-4-3-5-7-9-13/h12-16H,3-11H2,1-2H3. The first-order valence-electron chi connectivity index (χ1n) is 7.21. The van der Waals surface area contributed by atoms with Crippen molar-refractivity contribution in [2.45, 2.75) is 77.0 Å². The van der Waals surface area contributed by atoms with E-state index in [0.29, 0.717) is 19.2 Å².